The van der Waals surface area contributed by atoms with E-state index in [1.807, 2.05) is 0 Å². The second-order valence-corrected chi connectivity index (χ2v) is 9.71. The third kappa shape index (κ3) is 4.48. The molecule has 0 aliphatic carbocycles. The molecule has 1 heterocycles. The molecule has 1 saturated heterocycles. The average molecular weight is 508 g/mol. The first kappa shape index (κ1) is 21.4. The number of carbonyl (C=O) groups is 2. The minimum Gasteiger partial charge on any atom is -0.465 e. The van der Waals surface area contributed by atoms with E-state index in [9.17, 15) is 14.0 Å². The summed E-state index contributed by atoms with van der Waals surface area (Å²) in [6, 6.07) is 10.7. The van der Waals surface area contributed by atoms with E-state index in [0.29, 0.717) is 15.6 Å². The van der Waals surface area contributed by atoms with Crippen molar-refractivity contribution in [3.05, 3.63) is 69.2 Å². The summed E-state index contributed by atoms with van der Waals surface area (Å²) in [7, 11) is 1.26. The number of hydrogen-bond donors (Lipinski definition) is 0. The van der Waals surface area contributed by atoms with Crippen LogP contribution in [0.5, 0.6) is 0 Å². The first-order chi connectivity index (χ1) is 13.3. The van der Waals surface area contributed by atoms with Crippen LogP contribution in [0.2, 0.25) is 10.0 Å². The number of hydrogen-bond acceptors (Lipinski definition) is 5. The van der Waals surface area contributed by atoms with Gasteiger partial charge in [-0.2, -0.15) is 0 Å². The minimum atomic E-state index is -1.49. The van der Waals surface area contributed by atoms with E-state index >= 15 is 0 Å². The maximum atomic E-state index is 14.9. The smallest absolute Gasteiger partial charge is 0.338 e. The standard InChI is InChI=1S/C19H14BrCl2FO4S/c1-26-19(25)12-7-6-11(22)8-13(12)16-15(14(23)17(20)28-16)27-18(24)9-2-4-10(21)5-3-9/h2-8,14-17H,1H3/t14-,15-,16+,17-/m0/s1. The van der Waals surface area contributed by atoms with Crippen LogP contribution < -0.4 is 0 Å². The van der Waals surface area contributed by atoms with Crippen molar-refractivity contribution in [1.29, 1.82) is 0 Å². The summed E-state index contributed by atoms with van der Waals surface area (Å²) in [5.74, 6) is -1.26. The first-order valence-corrected chi connectivity index (χ1v) is 10.7. The maximum Gasteiger partial charge on any atom is 0.338 e. The Morgan fingerprint density at radius 2 is 1.71 bits per heavy atom. The highest BCUT2D eigenvalue weighted by molar-refractivity contribution is 9.11. The van der Waals surface area contributed by atoms with Crippen LogP contribution in [-0.4, -0.2) is 35.5 Å². The van der Waals surface area contributed by atoms with Gasteiger partial charge in [0, 0.05) is 10.0 Å². The molecule has 1 aliphatic heterocycles. The quantitative estimate of drug-likeness (QED) is 0.383. The van der Waals surface area contributed by atoms with Crippen LogP contribution in [0.15, 0.2) is 42.5 Å². The van der Waals surface area contributed by atoms with Crippen molar-refractivity contribution in [2.24, 2.45) is 0 Å². The normalized spacial score (nSPS) is 24.0. The van der Waals surface area contributed by atoms with Gasteiger partial charge in [-0.1, -0.05) is 39.1 Å². The Kier molecular flexibility index (Phi) is 6.91. The van der Waals surface area contributed by atoms with Gasteiger partial charge in [-0.15, -0.1) is 11.8 Å². The van der Waals surface area contributed by atoms with Crippen LogP contribution in [0, 0.1) is 0 Å². The number of ether oxygens (including phenoxy) is 2. The van der Waals surface area contributed by atoms with Gasteiger partial charge in [0.2, 0.25) is 0 Å². The van der Waals surface area contributed by atoms with Crippen molar-refractivity contribution in [2.75, 3.05) is 7.11 Å². The number of esters is 2. The Hall–Kier alpha value is -1.28. The number of carbonyl (C=O) groups excluding carboxylic acids is 2. The Morgan fingerprint density at radius 1 is 1.07 bits per heavy atom. The molecular formula is C19H14BrCl2FO4S. The van der Waals surface area contributed by atoms with Crippen LogP contribution in [0.3, 0.4) is 0 Å². The molecule has 0 amide bonds. The van der Waals surface area contributed by atoms with E-state index in [1.165, 1.54) is 37.1 Å². The van der Waals surface area contributed by atoms with Crippen molar-refractivity contribution in [3.8, 4) is 0 Å². The largest absolute Gasteiger partial charge is 0.465 e. The molecule has 4 atom stereocenters. The van der Waals surface area contributed by atoms with Gasteiger partial charge in [0.25, 0.3) is 0 Å². The second kappa shape index (κ2) is 9.03. The summed E-state index contributed by atoms with van der Waals surface area (Å²) in [6.07, 6.45) is -2.62. The van der Waals surface area contributed by atoms with E-state index < -0.39 is 33.6 Å². The molecule has 2 aromatic carbocycles. The zero-order chi connectivity index (χ0) is 20.4. The zero-order valence-corrected chi connectivity index (χ0v) is 18.3. The maximum absolute atomic E-state index is 14.9. The lowest BCUT2D eigenvalue weighted by Crippen LogP contribution is -2.30. The molecule has 2 aromatic rings. The van der Waals surface area contributed by atoms with Gasteiger partial charge in [0.1, 0.15) is 0 Å². The molecule has 0 unspecified atom stereocenters. The molecule has 0 radical (unpaired) electrons. The number of methoxy groups -OCH3 is 1. The summed E-state index contributed by atoms with van der Waals surface area (Å²) < 4.78 is 24.5. The molecule has 9 heteroatoms. The van der Waals surface area contributed by atoms with Gasteiger partial charge in [-0.3, -0.25) is 0 Å². The molecule has 0 aromatic heterocycles. The van der Waals surface area contributed by atoms with Gasteiger partial charge in [-0.05, 0) is 48.0 Å². The van der Waals surface area contributed by atoms with Gasteiger partial charge < -0.3 is 9.47 Å². The summed E-state index contributed by atoms with van der Waals surface area (Å²) in [6.45, 7) is 0. The molecule has 3 rings (SSSR count). The van der Waals surface area contributed by atoms with E-state index in [2.05, 4.69) is 15.9 Å². The predicted molar refractivity (Wildman–Crippen MR) is 111 cm³/mol. The minimum absolute atomic E-state index is 0.241. The lowest BCUT2D eigenvalue weighted by atomic mass is 9.99. The predicted octanol–water partition coefficient (Wildman–Crippen LogP) is 5.85. The molecule has 28 heavy (non-hydrogen) atoms. The third-order valence-corrected chi connectivity index (χ3v) is 7.16. The highest BCUT2D eigenvalue weighted by Crippen LogP contribution is 2.51. The van der Waals surface area contributed by atoms with Crippen molar-refractivity contribution < 1.29 is 23.5 Å². The fourth-order valence-electron chi connectivity index (χ4n) is 2.83. The molecule has 0 spiro atoms. The monoisotopic (exact) mass is 506 g/mol. The summed E-state index contributed by atoms with van der Waals surface area (Å²) in [5.41, 5.74) is 0.936. The van der Waals surface area contributed by atoms with E-state index in [-0.39, 0.29) is 11.1 Å². The van der Waals surface area contributed by atoms with Gasteiger partial charge in [0.15, 0.2) is 12.3 Å². The molecular weight excluding hydrogens is 494 g/mol. The third-order valence-electron chi connectivity index (χ3n) is 4.19. The fraction of sp³-hybridized carbons (Fsp3) is 0.263. The SMILES string of the molecule is COC(=O)c1ccc(Cl)cc1[C@H]1S[C@H](Br)[C@@H](F)[C@@H]1OC(=O)c1ccc(Cl)cc1. The lowest BCUT2D eigenvalue weighted by molar-refractivity contribution is 0.0119. The van der Waals surface area contributed by atoms with Crippen molar-refractivity contribution in [2.45, 2.75) is 21.7 Å². The number of benzene rings is 2. The van der Waals surface area contributed by atoms with E-state index in [1.54, 1.807) is 24.3 Å². The molecule has 0 saturated carbocycles. The fourth-order valence-corrected chi connectivity index (χ4v) is 5.42. The molecule has 0 bridgehead atoms. The van der Waals surface area contributed by atoms with Crippen LogP contribution in [0.1, 0.15) is 31.5 Å². The highest BCUT2D eigenvalue weighted by Gasteiger charge is 2.48. The van der Waals surface area contributed by atoms with E-state index in [4.69, 9.17) is 32.7 Å². The number of rotatable bonds is 4. The zero-order valence-electron chi connectivity index (χ0n) is 14.4. The number of halogens is 4. The average Bonchev–Trinajstić information content (AvgIpc) is 2.96. The first-order valence-electron chi connectivity index (χ1n) is 8.09. The van der Waals surface area contributed by atoms with Crippen molar-refractivity contribution in [1.82, 2.24) is 0 Å². The Labute approximate surface area is 183 Å². The lowest BCUT2D eigenvalue weighted by Gasteiger charge is -2.22. The van der Waals surface area contributed by atoms with Gasteiger partial charge in [-0.25, -0.2) is 14.0 Å². The van der Waals surface area contributed by atoms with Crippen molar-refractivity contribution in [3.63, 3.8) is 0 Å². The Balaban J connectivity index is 1.94. The molecule has 0 N–H and O–H groups in total. The number of thioether (sulfide) groups is 1. The Bertz CT molecular complexity index is 896. The molecule has 1 fully saturated rings. The summed E-state index contributed by atoms with van der Waals surface area (Å²) in [5, 5.41) is 0.194. The van der Waals surface area contributed by atoms with Crippen LogP contribution in [0.4, 0.5) is 4.39 Å². The Morgan fingerprint density at radius 3 is 2.36 bits per heavy atom. The molecule has 1 aliphatic rings. The van der Waals surface area contributed by atoms with Crippen molar-refractivity contribution >= 4 is 62.8 Å². The van der Waals surface area contributed by atoms with Crippen LogP contribution in [-0.2, 0) is 9.47 Å². The molecule has 4 nitrogen and oxygen atoms in total. The van der Waals surface area contributed by atoms with Gasteiger partial charge >= 0.3 is 11.9 Å². The summed E-state index contributed by atoms with van der Waals surface area (Å²) >= 11 is 16.4. The van der Waals surface area contributed by atoms with Gasteiger partial charge in [0.05, 0.1) is 27.6 Å². The highest BCUT2D eigenvalue weighted by atomic mass is 79.9. The summed E-state index contributed by atoms with van der Waals surface area (Å²) in [4.78, 5) is 24.7. The second-order valence-electron chi connectivity index (χ2n) is 5.95. The topological polar surface area (TPSA) is 52.6 Å². The van der Waals surface area contributed by atoms with Crippen LogP contribution >= 0.6 is 50.9 Å². The number of alkyl halides is 2. The molecule has 148 valence electrons. The van der Waals surface area contributed by atoms with Crippen LogP contribution in [0.25, 0.3) is 0 Å². The van der Waals surface area contributed by atoms with E-state index in [0.717, 1.165) is 0 Å².